The van der Waals surface area contributed by atoms with Gasteiger partial charge in [0.15, 0.2) is 5.96 Å². The first-order chi connectivity index (χ1) is 11.2. The lowest BCUT2D eigenvalue weighted by Gasteiger charge is -2.34. The van der Waals surface area contributed by atoms with Crippen LogP contribution < -0.4 is 15.8 Å². The Morgan fingerprint density at radius 3 is 2.58 bits per heavy atom. The van der Waals surface area contributed by atoms with Crippen LogP contribution >= 0.6 is 17.0 Å². The predicted octanol–water partition coefficient (Wildman–Crippen LogP) is 2.89. The largest absolute Gasteiger partial charge is 0.497 e. The van der Waals surface area contributed by atoms with E-state index in [1.165, 1.54) is 24.8 Å². The number of rotatable bonds is 7. The Morgan fingerprint density at radius 2 is 2.00 bits per heavy atom. The predicted molar refractivity (Wildman–Crippen MR) is 106 cm³/mol. The lowest BCUT2D eigenvalue weighted by atomic mass is 10.0. The summed E-state index contributed by atoms with van der Waals surface area (Å²) in [6.07, 6.45) is 5.59. The zero-order valence-corrected chi connectivity index (χ0v) is 16.1. The Morgan fingerprint density at radius 1 is 1.33 bits per heavy atom. The third kappa shape index (κ3) is 6.17. The highest BCUT2D eigenvalue weighted by molar-refractivity contribution is 8.93. The van der Waals surface area contributed by atoms with E-state index < -0.39 is 0 Å². The molecule has 0 spiro atoms. The van der Waals surface area contributed by atoms with Crippen molar-refractivity contribution in [3.05, 3.63) is 42.5 Å². The summed E-state index contributed by atoms with van der Waals surface area (Å²) in [5.74, 6) is 1.35. The van der Waals surface area contributed by atoms with Crippen molar-refractivity contribution in [2.45, 2.75) is 25.3 Å². The molecule has 1 aliphatic heterocycles. The van der Waals surface area contributed by atoms with Crippen molar-refractivity contribution in [1.82, 2.24) is 10.2 Å². The van der Waals surface area contributed by atoms with E-state index in [1.54, 1.807) is 13.2 Å². The van der Waals surface area contributed by atoms with Crippen LogP contribution in [-0.4, -0.2) is 44.1 Å². The van der Waals surface area contributed by atoms with Crippen LogP contribution in [0.4, 0.5) is 0 Å². The maximum absolute atomic E-state index is 5.91. The number of nitrogens with two attached hydrogens (primary N) is 1. The summed E-state index contributed by atoms with van der Waals surface area (Å²) >= 11 is 0. The van der Waals surface area contributed by atoms with Crippen LogP contribution in [0.2, 0.25) is 0 Å². The number of guanidine groups is 1. The number of likely N-dealkylation sites (tertiary alicyclic amines) is 1. The van der Waals surface area contributed by atoms with E-state index in [9.17, 15) is 0 Å². The number of halogens is 1. The zero-order valence-electron chi connectivity index (χ0n) is 14.4. The van der Waals surface area contributed by atoms with Crippen LogP contribution in [-0.2, 0) is 0 Å². The van der Waals surface area contributed by atoms with Gasteiger partial charge in [0, 0.05) is 6.54 Å². The van der Waals surface area contributed by atoms with Gasteiger partial charge in [-0.3, -0.25) is 9.89 Å². The first-order valence-electron chi connectivity index (χ1n) is 8.27. The van der Waals surface area contributed by atoms with Crippen LogP contribution in [0.1, 0.15) is 30.9 Å². The second-order valence-electron chi connectivity index (χ2n) is 5.78. The number of benzene rings is 1. The number of piperidine rings is 1. The third-order valence-electron chi connectivity index (χ3n) is 4.19. The molecule has 0 amide bonds. The highest BCUT2D eigenvalue weighted by atomic mass is 79.9. The number of nitrogens with one attached hydrogen (secondary N) is 1. The maximum atomic E-state index is 5.91. The van der Waals surface area contributed by atoms with Crippen LogP contribution in [0.5, 0.6) is 5.75 Å². The molecule has 0 aliphatic carbocycles. The fourth-order valence-electron chi connectivity index (χ4n) is 2.91. The summed E-state index contributed by atoms with van der Waals surface area (Å²) < 4.78 is 5.26. The minimum atomic E-state index is 0. The molecule has 0 radical (unpaired) electrons. The van der Waals surface area contributed by atoms with E-state index in [0.29, 0.717) is 19.0 Å². The van der Waals surface area contributed by atoms with E-state index in [0.717, 1.165) is 18.8 Å². The van der Waals surface area contributed by atoms with Crippen molar-refractivity contribution in [2.24, 2.45) is 10.7 Å². The smallest absolute Gasteiger partial charge is 0.188 e. The first kappa shape index (κ1) is 20.5. The number of hydrogen-bond donors (Lipinski definition) is 2. The van der Waals surface area contributed by atoms with E-state index in [2.05, 4.69) is 33.9 Å². The molecule has 3 N–H and O–H groups in total. The van der Waals surface area contributed by atoms with Crippen molar-refractivity contribution in [3.63, 3.8) is 0 Å². The number of nitrogens with zero attached hydrogens (tertiary/aromatic N) is 2. The normalized spacial score (nSPS) is 16.8. The highest BCUT2D eigenvalue weighted by Crippen LogP contribution is 2.26. The molecule has 1 aromatic rings. The molecule has 5 nitrogen and oxygen atoms in total. The number of hydrogen-bond acceptors (Lipinski definition) is 3. The fourth-order valence-corrected chi connectivity index (χ4v) is 2.91. The molecule has 0 aromatic heterocycles. The van der Waals surface area contributed by atoms with Gasteiger partial charge in [0.05, 0.1) is 19.7 Å². The molecule has 6 heteroatoms. The Bertz CT molecular complexity index is 512. The standard InChI is InChI=1S/C18H28N4O.BrH/c1-3-11-20-18(19)21-14-17(22-12-5-4-6-13-22)15-7-9-16(23-2)10-8-15;/h3,7-10,17H,1,4-6,11-14H2,2H3,(H3,19,20,21);1H. The summed E-state index contributed by atoms with van der Waals surface area (Å²) in [5.41, 5.74) is 7.17. The summed E-state index contributed by atoms with van der Waals surface area (Å²) in [4.78, 5) is 7.03. The molecule has 1 aromatic carbocycles. The van der Waals surface area contributed by atoms with Crippen molar-refractivity contribution in [2.75, 3.05) is 33.3 Å². The van der Waals surface area contributed by atoms with E-state index in [1.807, 2.05) is 12.1 Å². The van der Waals surface area contributed by atoms with Gasteiger partial charge in [-0.05, 0) is 43.6 Å². The quantitative estimate of drug-likeness (QED) is 0.422. The molecular weight excluding hydrogens is 368 g/mol. The first-order valence-corrected chi connectivity index (χ1v) is 8.27. The molecular formula is C18H29BrN4O. The van der Waals surface area contributed by atoms with Gasteiger partial charge in [-0.15, -0.1) is 23.6 Å². The molecule has 1 heterocycles. The molecule has 134 valence electrons. The summed E-state index contributed by atoms with van der Waals surface area (Å²) in [5, 5.41) is 3.03. The van der Waals surface area contributed by atoms with Gasteiger partial charge in [0.1, 0.15) is 5.75 Å². The number of aliphatic imine (C=N–C) groups is 1. The minimum absolute atomic E-state index is 0. The van der Waals surface area contributed by atoms with Crippen molar-refractivity contribution in [3.8, 4) is 5.75 Å². The second-order valence-corrected chi connectivity index (χ2v) is 5.78. The van der Waals surface area contributed by atoms with E-state index >= 15 is 0 Å². The van der Waals surface area contributed by atoms with Crippen molar-refractivity contribution >= 4 is 22.9 Å². The molecule has 2 rings (SSSR count). The monoisotopic (exact) mass is 396 g/mol. The second kappa shape index (κ2) is 11.1. The van der Waals surface area contributed by atoms with Gasteiger partial charge in [-0.2, -0.15) is 0 Å². The Kier molecular flexibility index (Phi) is 9.49. The van der Waals surface area contributed by atoms with Gasteiger partial charge in [0.25, 0.3) is 0 Å². The topological polar surface area (TPSA) is 62.9 Å². The van der Waals surface area contributed by atoms with Gasteiger partial charge >= 0.3 is 0 Å². The van der Waals surface area contributed by atoms with E-state index in [-0.39, 0.29) is 23.0 Å². The lowest BCUT2D eigenvalue weighted by Crippen LogP contribution is -2.37. The van der Waals surface area contributed by atoms with Crippen molar-refractivity contribution in [1.29, 1.82) is 0 Å². The van der Waals surface area contributed by atoms with Gasteiger partial charge in [-0.1, -0.05) is 24.6 Å². The molecule has 1 fully saturated rings. The average Bonchev–Trinajstić information content (AvgIpc) is 2.61. The zero-order chi connectivity index (χ0) is 16.5. The lowest BCUT2D eigenvalue weighted by molar-refractivity contribution is 0.168. The summed E-state index contributed by atoms with van der Waals surface area (Å²) in [6.45, 7) is 7.19. The van der Waals surface area contributed by atoms with Crippen LogP contribution in [0.3, 0.4) is 0 Å². The van der Waals surface area contributed by atoms with Gasteiger partial charge in [0.2, 0.25) is 0 Å². The molecule has 0 saturated carbocycles. The maximum Gasteiger partial charge on any atom is 0.188 e. The molecule has 1 unspecified atom stereocenters. The summed E-state index contributed by atoms with van der Waals surface area (Å²) in [6, 6.07) is 8.53. The molecule has 24 heavy (non-hydrogen) atoms. The Balaban J connectivity index is 0.00000288. The molecule has 1 atom stereocenters. The summed E-state index contributed by atoms with van der Waals surface area (Å²) in [7, 11) is 1.69. The van der Waals surface area contributed by atoms with Crippen molar-refractivity contribution < 1.29 is 4.74 Å². The van der Waals surface area contributed by atoms with Crippen LogP contribution in [0.15, 0.2) is 41.9 Å². The molecule has 1 saturated heterocycles. The van der Waals surface area contributed by atoms with E-state index in [4.69, 9.17) is 10.5 Å². The Hall–Kier alpha value is -1.53. The van der Waals surface area contributed by atoms with Gasteiger partial charge in [-0.25, -0.2) is 0 Å². The minimum Gasteiger partial charge on any atom is -0.497 e. The number of ether oxygens (including phenoxy) is 1. The molecule has 1 aliphatic rings. The fraction of sp³-hybridized carbons (Fsp3) is 0.500. The van der Waals surface area contributed by atoms with Crippen LogP contribution in [0.25, 0.3) is 0 Å². The SMILES string of the molecule is Br.C=CCNC(N)=NCC(c1ccc(OC)cc1)N1CCCCC1. The third-order valence-corrected chi connectivity index (χ3v) is 4.19. The van der Waals surface area contributed by atoms with Crippen LogP contribution in [0, 0.1) is 0 Å². The number of methoxy groups -OCH3 is 1. The average molecular weight is 397 g/mol. The van der Waals surface area contributed by atoms with Gasteiger partial charge < -0.3 is 15.8 Å². The highest BCUT2D eigenvalue weighted by Gasteiger charge is 2.22. The molecule has 0 bridgehead atoms. The Labute approximate surface area is 155 Å².